The molecule has 0 N–H and O–H groups in total. The molecule has 26 heavy (non-hydrogen) atoms. The number of benzene rings is 1. The fourth-order valence-electron chi connectivity index (χ4n) is 4.35. The van der Waals surface area contributed by atoms with Gasteiger partial charge in [-0.15, -0.1) is 0 Å². The molecule has 3 rings (SSSR count). The Hall–Kier alpha value is -1.87. The minimum Gasteiger partial charge on any atom is -0.497 e. The molecule has 140 valence electrons. The van der Waals surface area contributed by atoms with Gasteiger partial charge in [0.05, 0.1) is 20.3 Å². The van der Waals surface area contributed by atoms with Gasteiger partial charge in [-0.25, -0.2) is 0 Å². The summed E-state index contributed by atoms with van der Waals surface area (Å²) in [5.74, 6) is 1.61. The lowest BCUT2D eigenvalue weighted by atomic mass is 9.61. The highest BCUT2D eigenvalue weighted by Crippen LogP contribution is 2.51. The molecule has 0 bridgehead atoms. The number of ether oxygens (including phenoxy) is 2. The Morgan fingerprint density at radius 3 is 2.69 bits per heavy atom. The van der Waals surface area contributed by atoms with Gasteiger partial charge in [-0.2, -0.15) is 0 Å². The molecular weight excluding hydrogens is 324 g/mol. The Morgan fingerprint density at radius 2 is 2.00 bits per heavy atom. The molecule has 0 amide bonds. The molecule has 0 saturated heterocycles. The van der Waals surface area contributed by atoms with E-state index in [0.717, 1.165) is 48.1 Å². The van der Waals surface area contributed by atoms with Crippen molar-refractivity contribution in [1.29, 1.82) is 0 Å². The summed E-state index contributed by atoms with van der Waals surface area (Å²) in [4.78, 5) is 12.1. The van der Waals surface area contributed by atoms with Gasteiger partial charge in [0.2, 0.25) is 0 Å². The summed E-state index contributed by atoms with van der Waals surface area (Å²) in [6.07, 6.45) is 4.98. The summed E-state index contributed by atoms with van der Waals surface area (Å²) in [6.45, 7) is 9.79. The SMILES string of the molecule is C=C(COCc1ccc(OC)cc1)[C@@H]1CC[C@]2(C)CCC(=O)C(C)=C2C1. The van der Waals surface area contributed by atoms with Crippen molar-refractivity contribution >= 4 is 5.78 Å². The van der Waals surface area contributed by atoms with Crippen LogP contribution < -0.4 is 4.74 Å². The lowest BCUT2D eigenvalue weighted by molar-refractivity contribution is -0.117. The Balaban J connectivity index is 1.55. The fraction of sp³-hybridized carbons (Fsp3) is 0.522. The molecule has 1 aromatic rings. The Bertz CT molecular complexity index is 713. The van der Waals surface area contributed by atoms with Crippen LogP contribution in [0.3, 0.4) is 0 Å². The van der Waals surface area contributed by atoms with Crippen molar-refractivity contribution in [3.8, 4) is 5.75 Å². The van der Waals surface area contributed by atoms with E-state index in [0.29, 0.717) is 31.3 Å². The van der Waals surface area contributed by atoms with Crippen LogP contribution in [0, 0.1) is 11.3 Å². The number of carbonyl (C=O) groups is 1. The predicted molar refractivity (Wildman–Crippen MR) is 104 cm³/mol. The second-order valence-corrected chi connectivity index (χ2v) is 8.03. The van der Waals surface area contributed by atoms with E-state index in [9.17, 15) is 4.79 Å². The number of carbonyl (C=O) groups excluding carboxylic acids is 1. The zero-order chi connectivity index (χ0) is 18.7. The molecule has 1 saturated carbocycles. The standard InChI is InChI=1S/C23H30O3/c1-16(14-26-15-18-5-7-20(25-4)8-6-18)19-9-11-23(3)12-10-22(24)17(2)21(23)13-19/h5-8,19H,1,9-15H2,2-4H3/t19-,23-/m1/s1. The number of hydrogen-bond acceptors (Lipinski definition) is 3. The van der Waals surface area contributed by atoms with Gasteiger partial charge in [0.15, 0.2) is 5.78 Å². The van der Waals surface area contributed by atoms with E-state index in [1.54, 1.807) is 7.11 Å². The van der Waals surface area contributed by atoms with E-state index in [4.69, 9.17) is 9.47 Å². The third-order valence-electron chi connectivity index (χ3n) is 6.29. The number of Topliss-reactive ketones (excluding diaryl/α,β-unsaturated/α-hetero) is 1. The van der Waals surface area contributed by atoms with E-state index < -0.39 is 0 Å². The van der Waals surface area contributed by atoms with E-state index in [2.05, 4.69) is 13.5 Å². The maximum atomic E-state index is 12.1. The average Bonchev–Trinajstić information content (AvgIpc) is 2.65. The third-order valence-corrected chi connectivity index (χ3v) is 6.29. The van der Waals surface area contributed by atoms with Crippen molar-refractivity contribution in [2.75, 3.05) is 13.7 Å². The van der Waals surface area contributed by atoms with E-state index in [1.807, 2.05) is 31.2 Å². The largest absolute Gasteiger partial charge is 0.497 e. The molecule has 0 aliphatic heterocycles. The summed E-state index contributed by atoms with van der Waals surface area (Å²) < 4.78 is 11.1. The molecule has 0 spiro atoms. The van der Waals surface area contributed by atoms with Gasteiger partial charge in [0, 0.05) is 6.42 Å². The number of methoxy groups -OCH3 is 1. The average molecular weight is 354 g/mol. The second kappa shape index (κ2) is 7.79. The molecule has 1 fully saturated rings. The second-order valence-electron chi connectivity index (χ2n) is 8.03. The van der Waals surface area contributed by atoms with E-state index in [1.165, 1.54) is 5.57 Å². The summed E-state index contributed by atoms with van der Waals surface area (Å²) in [5, 5.41) is 0. The molecule has 0 unspecified atom stereocenters. The molecule has 0 radical (unpaired) electrons. The lowest BCUT2D eigenvalue weighted by Gasteiger charge is -2.44. The van der Waals surface area contributed by atoms with Crippen LogP contribution >= 0.6 is 0 Å². The number of hydrogen-bond donors (Lipinski definition) is 0. The summed E-state index contributed by atoms with van der Waals surface area (Å²) >= 11 is 0. The van der Waals surface area contributed by atoms with Gasteiger partial charge >= 0.3 is 0 Å². The zero-order valence-electron chi connectivity index (χ0n) is 16.3. The minimum absolute atomic E-state index is 0.221. The van der Waals surface area contributed by atoms with Crippen molar-refractivity contribution in [3.05, 3.63) is 53.1 Å². The minimum atomic E-state index is 0.221. The highest BCUT2D eigenvalue weighted by atomic mass is 16.5. The van der Waals surface area contributed by atoms with Crippen LogP contribution in [0.1, 0.15) is 51.5 Å². The fourth-order valence-corrected chi connectivity index (χ4v) is 4.35. The van der Waals surface area contributed by atoms with Gasteiger partial charge in [0.25, 0.3) is 0 Å². The van der Waals surface area contributed by atoms with Gasteiger partial charge in [-0.3, -0.25) is 4.79 Å². The highest BCUT2D eigenvalue weighted by molar-refractivity contribution is 5.96. The predicted octanol–water partition coefficient (Wildman–Crippen LogP) is 5.25. The van der Waals surface area contributed by atoms with Gasteiger partial charge in [-0.05, 0) is 72.8 Å². The van der Waals surface area contributed by atoms with Crippen LogP contribution in [0.25, 0.3) is 0 Å². The monoisotopic (exact) mass is 354 g/mol. The number of allylic oxidation sites excluding steroid dienone is 2. The van der Waals surface area contributed by atoms with Crippen molar-refractivity contribution in [2.45, 2.75) is 52.6 Å². The van der Waals surface area contributed by atoms with E-state index >= 15 is 0 Å². The quantitative estimate of drug-likeness (QED) is 0.654. The van der Waals surface area contributed by atoms with Crippen molar-refractivity contribution in [3.63, 3.8) is 0 Å². The van der Waals surface area contributed by atoms with Crippen LogP contribution in [0.15, 0.2) is 47.6 Å². The van der Waals surface area contributed by atoms with Gasteiger partial charge < -0.3 is 9.47 Å². The first-order valence-electron chi connectivity index (χ1n) is 9.55. The zero-order valence-corrected chi connectivity index (χ0v) is 16.3. The summed E-state index contributed by atoms with van der Waals surface area (Å²) in [7, 11) is 1.67. The topological polar surface area (TPSA) is 35.5 Å². The molecule has 3 nitrogen and oxygen atoms in total. The van der Waals surface area contributed by atoms with Crippen LogP contribution in [0.5, 0.6) is 5.75 Å². The lowest BCUT2D eigenvalue weighted by Crippen LogP contribution is -2.34. The van der Waals surface area contributed by atoms with Crippen LogP contribution in [0.4, 0.5) is 0 Å². The molecule has 0 heterocycles. The Morgan fingerprint density at radius 1 is 1.27 bits per heavy atom. The van der Waals surface area contributed by atoms with Crippen LogP contribution in [-0.2, 0) is 16.1 Å². The Labute approximate surface area is 157 Å². The molecule has 1 aromatic carbocycles. The molecular formula is C23H30O3. The molecule has 3 heteroatoms. The van der Waals surface area contributed by atoms with E-state index in [-0.39, 0.29) is 5.41 Å². The Kier molecular flexibility index (Phi) is 5.67. The maximum Gasteiger partial charge on any atom is 0.158 e. The number of fused-ring (bicyclic) bond motifs is 1. The first kappa shape index (κ1) is 18.9. The molecule has 2 atom stereocenters. The van der Waals surface area contributed by atoms with Gasteiger partial charge in [0.1, 0.15) is 5.75 Å². The molecule has 2 aliphatic carbocycles. The summed E-state index contributed by atoms with van der Waals surface area (Å²) in [6, 6.07) is 7.94. The number of ketones is 1. The summed E-state index contributed by atoms with van der Waals surface area (Å²) in [5.41, 5.74) is 4.89. The first-order chi connectivity index (χ1) is 12.4. The smallest absolute Gasteiger partial charge is 0.158 e. The van der Waals surface area contributed by atoms with Crippen LogP contribution in [-0.4, -0.2) is 19.5 Å². The molecule has 2 aliphatic rings. The third kappa shape index (κ3) is 3.93. The van der Waals surface area contributed by atoms with Crippen LogP contribution in [0.2, 0.25) is 0 Å². The maximum absolute atomic E-state index is 12.1. The molecule has 0 aromatic heterocycles. The van der Waals surface area contributed by atoms with Crippen molar-refractivity contribution in [1.82, 2.24) is 0 Å². The van der Waals surface area contributed by atoms with Crippen molar-refractivity contribution < 1.29 is 14.3 Å². The van der Waals surface area contributed by atoms with Crippen molar-refractivity contribution in [2.24, 2.45) is 11.3 Å². The number of rotatable bonds is 6. The highest BCUT2D eigenvalue weighted by Gasteiger charge is 2.40. The van der Waals surface area contributed by atoms with Gasteiger partial charge in [-0.1, -0.05) is 31.2 Å². The first-order valence-corrected chi connectivity index (χ1v) is 9.55. The normalized spacial score (nSPS) is 25.8.